The Morgan fingerprint density at radius 2 is 2.15 bits per heavy atom. The average Bonchev–Trinajstić information content (AvgIpc) is 2.27. The number of halogens is 1. The molecule has 1 atom stereocenters. The van der Waals surface area contributed by atoms with Gasteiger partial charge in [0.1, 0.15) is 0 Å². The van der Waals surface area contributed by atoms with Gasteiger partial charge in [0.05, 0.1) is 17.7 Å². The monoisotopic (exact) mass is 307 g/mol. The summed E-state index contributed by atoms with van der Waals surface area (Å²) in [6, 6.07) is 0. The number of nitrogens with one attached hydrogen (secondary N) is 1. The molecule has 3 N–H and O–H groups in total. The van der Waals surface area contributed by atoms with Gasteiger partial charge in [0.15, 0.2) is 0 Å². The van der Waals surface area contributed by atoms with Crippen molar-refractivity contribution >= 4 is 18.3 Å². The average molecular weight is 308 g/mol. The zero-order chi connectivity index (χ0) is 14.5. The summed E-state index contributed by atoms with van der Waals surface area (Å²) >= 11 is 0. The van der Waals surface area contributed by atoms with Crippen molar-refractivity contribution in [2.24, 2.45) is 5.73 Å². The van der Waals surface area contributed by atoms with Crippen molar-refractivity contribution in [3.63, 3.8) is 0 Å². The number of amides is 1. The minimum absolute atomic E-state index is 0. The van der Waals surface area contributed by atoms with Crippen LogP contribution in [-0.2, 0) is 9.53 Å². The van der Waals surface area contributed by atoms with Crippen LogP contribution in [0, 0.1) is 0 Å². The summed E-state index contributed by atoms with van der Waals surface area (Å²) in [5.74, 6) is -0.0538. The van der Waals surface area contributed by atoms with Crippen LogP contribution in [0.2, 0.25) is 0 Å². The highest BCUT2D eigenvalue weighted by molar-refractivity contribution is 5.85. The summed E-state index contributed by atoms with van der Waals surface area (Å²) in [5, 5.41) is 2.94. The van der Waals surface area contributed by atoms with E-state index in [0.29, 0.717) is 13.0 Å². The molecule has 120 valence electrons. The SMILES string of the molecule is CCCC(C)(N)C(=O)NCCN1CCOC(C)(C)C1.Cl. The van der Waals surface area contributed by atoms with E-state index in [1.165, 1.54) is 0 Å². The molecule has 1 saturated heterocycles. The maximum absolute atomic E-state index is 11.9. The predicted octanol–water partition coefficient (Wildman–Crippen LogP) is 1.15. The second-order valence-electron chi connectivity index (χ2n) is 6.31. The molecule has 6 heteroatoms. The number of carbonyl (C=O) groups excluding carboxylic acids is 1. The van der Waals surface area contributed by atoms with E-state index in [2.05, 4.69) is 24.1 Å². The maximum atomic E-state index is 11.9. The third kappa shape index (κ3) is 6.39. The first-order valence-corrected chi connectivity index (χ1v) is 7.20. The third-order valence-electron chi connectivity index (χ3n) is 3.51. The molecule has 20 heavy (non-hydrogen) atoms. The summed E-state index contributed by atoms with van der Waals surface area (Å²) < 4.78 is 5.66. The number of morpholine rings is 1. The van der Waals surface area contributed by atoms with Crippen molar-refractivity contribution in [3.8, 4) is 0 Å². The fourth-order valence-corrected chi connectivity index (χ4v) is 2.47. The molecule has 1 amide bonds. The lowest BCUT2D eigenvalue weighted by atomic mass is 9.96. The third-order valence-corrected chi connectivity index (χ3v) is 3.51. The normalized spacial score (nSPS) is 21.6. The first-order chi connectivity index (χ1) is 8.77. The zero-order valence-electron chi connectivity index (χ0n) is 13.2. The molecule has 1 aliphatic heterocycles. The number of hydrogen-bond acceptors (Lipinski definition) is 4. The minimum Gasteiger partial charge on any atom is -0.373 e. The summed E-state index contributed by atoms with van der Waals surface area (Å²) in [6.07, 6.45) is 1.63. The Balaban J connectivity index is 0.00000361. The van der Waals surface area contributed by atoms with E-state index >= 15 is 0 Å². The number of hydrogen-bond donors (Lipinski definition) is 2. The smallest absolute Gasteiger partial charge is 0.239 e. The van der Waals surface area contributed by atoms with Crippen molar-refractivity contribution in [1.29, 1.82) is 0 Å². The van der Waals surface area contributed by atoms with Crippen molar-refractivity contribution in [2.75, 3.05) is 32.8 Å². The molecule has 5 nitrogen and oxygen atoms in total. The lowest BCUT2D eigenvalue weighted by Gasteiger charge is -2.38. The Hall–Kier alpha value is -0.360. The molecular formula is C14H30ClN3O2. The van der Waals surface area contributed by atoms with Gasteiger partial charge in [0, 0.05) is 26.2 Å². The van der Waals surface area contributed by atoms with Crippen molar-refractivity contribution in [2.45, 2.75) is 51.7 Å². The van der Waals surface area contributed by atoms with Gasteiger partial charge >= 0.3 is 0 Å². The molecule has 1 fully saturated rings. The van der Waals surface area contributed by atoms with Gasteiger partial charge in [-0.05, 0) is 27.2 Å². The van der Waals surface area contributed by atoms with Gasteiger partial charge < -0.3 is 15.8 Å². The fraction of sp³-hybridized carbons (Fsp3) is 0.929. The van der Waals surface area contributed by atoms with E-state index < -0.39 is 5.54 Å². The molecule has 0 aromatic heterocycles. The highest BCUT2D eigenvalue weighted by atomic mass is 35.5. The molecule has 1 unspecified atom stereocenters. The molecule has 0 saturated carbocycles. The predicted molar refractivity (Wildman–Crippen MR) is 84.2 cm³/mol. The zero-order valence-corrected chi connectivity index (χ0v) is 14.0. The Morgan fingerprint density at radius 1 is 1.50 bits per heavy atom. The molecule has 1 rings (SSSR count). The van der Waals surface area contributed by atoms with E-state index in [1.807, 2.05) is 6.92 Å². The topological polar surface area (TPSA) is 67.6 Å². The minimum atomic E-state index is -0.751. The van der Waals surface area contributed by atoms with Gasteiger partial charge in [-0.2, -0.15) is 0 Å². The summed E-state index contributed by atoms with van der Waals surface area (Å²) in [6.45, 7) is 12.1. The Labute approximate surface area is 129 Å². The van der Waals surface area contributed by atoms with Gasteiger partial charge in [-0.25, -0.2) is 0 Å². The van der Waals surface area contributed by atoms with Crippen LogP contribution < -0.4 is 11.1 Å². The molecule has 0 bridgehead atoms. The second kappa shape index (κ2) is 8.17. The lowest BCUT2D eigenvalue weighted by Crippen LogP contribution is -2.54. The van der Waals surface area contributed by atoms with Crippen LogP contribution in [0.25, 0.3) is 0 Å². The van der Waals surface area contributed by atoms with Gasteiger partial charge in [-0.15, -0.1) is 12.4 Å². The van der Waals surface area contributed by atoms with Crippen LogP contribution >= 0.6 is 12.4 Å². The molecule has 0 spiro atoms. The highest BCUT2D eigenvalue weighted by Crippen LogP contribution is 2.15. The van der Waals surface area contributed by atoms with Crippen molar-refractivity contribution in [3.05, 3.63) is 0 Å². The number of carbonyl (C=O) groups is 1. The maximum Gasteiger partial charge on any atom is 0.239 e. The van der Waals surface area contributed by atoms with Crippen LogP contribution in [0.5, 0.6) is 0 Å². The summed E-state index contributed by atoms with van der Waals surface area (Å²) in [4.78, 5) is 14.3. The summed E-state index contributed by atoms with van der Waals surface area (Å²) in [7, 11) is 0. The van der Waals surface area contributed by atoms with Crippen LogP contribution in [0.15, 0.2) is 0 Å². The van der Waals surface area contributed by atoms with E-state index in [0.717, 1.165) is 32.7 Å². The van der Waals surface area contributed by atoms with Crippen LogP contribution in [0.1, 0.15) is 40.5 Å². The molecule has 1 heterocycles. The summed E-state index contributed by atoms with van der Waals surface area (Å²) in [5.41, 5.74) is 5.15. The Morgan fingerprint density at radius 3 is 2.70 bits per heavy atom. The molecule has 1 aliphatic rings. The van der Waals surface area contributed by atoms with E-state index in [4.69, 9.17) is 10.5 Å². The van der Waals surface area contributed by atoms with Crippen molar-refractivity contribution in [1.82, 2.24) is 10.2 Å². The van der Waals surface area contributed by atoms with E-state index in [-0.39, 0.29) is 23.9 Å². The molecular weight excluding hydrogens is 278 g/mol. The quantitative estimate of drug-likeness (QED) is 0.772. The van der Waals surface area contributed by atoms with Crippen molar-refractivity contribution < 1.29 is 9.53 Å². The highest BCUT2D eigenvalue weighted by Gasteiger charge is 2.28. The number of nitrogens with zero attached hydrogens (tertiary/aromatic N) is 1. The Bertz CT molecular complexity index is 309. The van der Waals surface area contributed by atoms with Crippen LogP contribution in [-0.4, -0.2) is 54.7 Å². The van der Waals surface area contributed by atoms with Gasteiger partial charge in [0.2, 0.25) is 5.91 Å². The molecule has 0 aromatic rings. The molecule has 0 aromatic carbocycles. The van der Waals surface area contributed by atoms with Crippen LogP contribution in [0.4, 0.5) is 0 Å². The second-order valence-corrected chi connectivity index (χ2v) is 6.31. The largest absolute Gasteiger partial charge is 0.373 e. The first kappa shape index (κ1) is 19.6. The van der Waals surface area contributed by atoms with E-state index in [1.54, 1.807) is 6.92 Å². The van der Waals surface area contributed by atoms with Gasteiger partial charge in [-0.3, -0.25) is 9.69 Å². The molecule has 0 radical (unpaired) electrons. The standard InChI is InChI=1S/C14H29N3O2.ClH/c1-5-6-14(4,15)12(18)16-7-8-17-9-10-19-13(2,3)11-17;/h5-11,15H2,1-4H3,(H,16,18);1H. The Kier molecular flexibility index (Phi) is 8.03. The van der Waals surface area contributed by atoms with Crippen LogP contribution in [0.3, 0.4) is 0 Å². The lowest BCUT2D eigenvalue weighted by molar-refractivity contribution is -0.126. The van der Waals surface area contributed by atoms with Gasteiger partial charge in [-0.1, -0.05) is 13.3 Å². The fourth-order valence-electron chi connectivity index (χ4n) is 2.47. The first-order valence-electron chi connectivity index (χ1n) is 7.20. The van der Waals surface area contributed by atoms with E-state index in [9.17, 15) is 4.79 Å². The number of rotatable bonds is 6. The number of nitrogens with two attached hydrogens (primary N) is 1. The number of ether oxygens (including phenoxy) is 1. The van der Waals surface area contributed by atoms with Gasteiger partial charge in [0.25, 0.3) is 0 Å². The molecule has 0 aliphatic carbocycles.